The first-order chi connectivity index (χ1) is 8.38. The fourth-order valence-electron chi connectivity index (χ4n) is 2.15. The van der Waals surface area contributed by atoms with E-state index in [-0.39, 0.29) is 18.0 Å². The molecule has 2 rings (SSSR count). The molecule has 7 heteroatoms. The smallest absolute Gasteiger partial charge is 0.338 e. The van der Waals surface area contributed by atoms with Gasteiger partial charge in [0.15, 0.2) is 0 Å². The second kappa shape index (κ2) is 4.72. The summed E-state index contributed by atoms with van der Waals surface area (Å²) in [7, 11) is 0. The van der Waals surface area contributed by atoms with Gasteiger partial charge >= 0.3 is 6.18 Å². The molecule has 0 aliphatic carbocycles. The minimum Gasteiger partial charge on any atom is -0.338 e. The van der Waals surface area contributed by atoms with Gasteiger partial charge in [-0.05, 0) is 25.8 Å². The lowest BCUT2D eigenvalue weighted by Crippen LogP contribution is -2.46. The minimum atomic E-state index is -4.44. The summed E-state index contributed by atoms with van der Waals surface area (Å²) in [4.78, 5) is 9.29. The van der Waals surface area contributed by atoms with Crippen molar-refractivity contribution in [1.29, 1.82) is 0 Å². The standard InChI is InChI=1S/C11H15F3N4/c1-7-6-8(15)3-5-18(7)10-16-4-2-9(17-10)11(12,13)14/h2,4,7-8H,3,5-6,15H2,1H3. The second-order valence-electron chi connectivity index (χ2n) is 4.57. The molecule has 1 fully saturated rings. The van der Waals surface area contributed by atoms with Crippen LogP contribution in [0.25, 0.3) is 0 Å². The lowest BCUT2D eigenvalue weighted by atomic mass is 10.00. The number of hydrogen-bond donors (Lipinski definition) is 1. The molecule has 1 saturated heterocycles. The van der Waals surface area contributed by atoms with Crippen molar-refractivity contribution < 1.29 is 13.2 Å². The number of nitrogens with two attached hydrogens (primary N) is 1. The van der Waals surface area contributed by atoms with Crippen molar-refractivity contribution >= 4 is 5.95 Å². The van der Waals surface area contributed by atoms with Crippen LogP contribution in [-0.2, 0) is 6.18 Å². The van der Waals surface area contributed by atoms with E-state index in [0.717, 1.165) is 25.1 Å². The third kappa shape index (κ3) is 2.72. The normalized spacial score (nSPS) is 25.3. The highest BCUT2D eigenvalue weighted by Crippen LogP contribution is 2.29. The van der Waals surface area contributed by atoms with E-state index in [9.17, 15) is 13.2 Å². The van der Waals surface area contributed by atoms with Gasteiger partial charge < -0.3 is 10.6 Å². The summed E-state index contributed by atoms with van der Waals surface area (Å²) in [6.07, 6.45) is -1.82. The van der Waals surface area contributed by atoms with Gasteiger partial charge in [-0.2, -0.15) is 13.2 Å². The number of rotatable bonds is 1. The highest BCUT2D eigenvalue weighted by molar-refractivity contribution is 5.33. The predicted molar refractivity (Wildman–Crippen MR) is 61.1 cm³/mol. The summed E-state index contributed by atoms with van der Waals surface area (Å²) < 4.78 is 37.7. The monoisotopic (exact) mass is 260 g/mol. The molecule has 4 nitrogen and oxygen atoms in total. The zero-order valence-electron chi connectivity index (χ0n) is 9.98. The van der Waals surface area contributed by atoms with Crippen molar-refractivity contribution in [3.63, 3.8) is 0 Å². The van der Waals surface area contributed by atoms with Crippen molar-refractivity contribution in [3.05, 3.63) is 18.0 Å². The molecular weight excluding hydrogens is 245 g/mol. The Labute approximate surface area is 103 Å². The van der Waals surface area contributed by atoms with E-state index in [1.54, 1.807) is 4.90 Å². The summed E-state index contributed by atoms with van der Waals surface area (Å²) in [5.41, 5.74) is 4.91. The van der Waals surface area contributed by atoms with Crippen LogP contribution in [0.5, 0.6) is 0 Å². The quantitative estimate of drug-likeness (QED) is 0.836. The first-order valence-corrected chi connectivity index (χ1v) is 5.80. The Balaban J connectivity index is 2.23. The van der Waals surface area contributed by atoms with Gasteiger partial charge in [0.2, 0.25) is 5.95 Å². The molecule has 0 amide bonds. The predicted octanol–water partition coefficient (Wildman–Crippen LogP) is 1.81. The summed E-state index contributed by atoms with van der Waals surface area (Å²) in [5.74, 6) is 0.129. The van der Waals surface area contributed by atoms with Gasteiger partial charge in [-0.25, -0.2) is 9.97 Å². The van der Waals surface area contributed by atoms with Gasteiger partial charge in [-0.1, -0.05) is 0 Å². The number of piperidine rings is 1. The van der Waals surface area contributed by atoms with Gasteiger partial charge in [0.25, 0.3) is 0 Å². The van der Waals surface area contributed by atoms with E-state index in [1.165, 1.54) is 0 Å². The maximum absolute atomic E-state index is 12.6. The highest BCUT2D eigenvalue weighted by Gasteiger charge is 2.34. The van der Waals surface area contributed by atoms with Crippen molar-refractivity contribution in [1.82, 2.24) is 9.97 Å². The Morgan fingerprint density at radius 1 is 1.44 bits per heavy atom. The molecule has 1 aliphatic rings. The lowest BCUT2D eigenvalue weighted by Gasteiger charge is -2.36. The number of anilines is 1. The second-order valence-corrected chi connectivity index (χ2v) is 4.57. The van der Waals surface area contributed by atoms with Crippen LogP contribution in [0.2, 0.25) is 0 Å². The first kappa shape index (κ1) is 13.1. The van der Waals surface area contributed by atoms with Crippen LogP contribution in [0.4, 0.5) is 19.1 Å². The minimum absolute atomic E-state index is 0.0530. The van der Waals surface area contributed by atoms with Crippen molar-refractivity contribution in [2.24, 2.45) is 5.73 Å². The summed E-state index contributed by atoms with van der Waals surface area (Å²) in [6, 6.07) is 1.03. The maximum atomic E-state index is 12.6. The third-order valence-electron chi connectivity index (χ3n) is 3.11. The molecule has 0 spiro atoms. The zero-order valence-corrected chi connectivity index (χ0v) is 9.98. The average Bonchev–Trinajstić information content (AvgIpc) is 2.28. The summed E-state index contributed by atoms with van der Waals surface area (Å²) in [6.45, 7) is 2.51. The number of hydrogen-bond acceptors (Lipinski definition) is 4. The fourth-order valence-corrected chi connectivity index (χ4v) is 2.15. The van der Waals surface area contributed by atoms with Crippen LogP contribution in [0, 0.1) is 0 Å². The molecular formula is C11H15F3N4. The molecule has 1 aliphatic heterocycles. The third-order valence-corrected chi connectivity index (χ3v) is 3.11. The maximum Gasteiger partial charge on any atom is 0.433 e. The van der Waals surface area contributed by atoms with Crippen LogP contribution < -0.4 is 10.6 Å². The SMILES string of the molecule is CC1CC(N)CCN1c1nccc(C(F)(F)F)n1. The molecule has 2 atom stereocenters. The molecule has 18 heavy (non-hydrogen) atoms. The summed E-state index contributed by atoms with van der Waals surface area (Å²) in [5, 5.41) is 0. The average molecular weight is 260 g/mol. The Morgan fingerprint density at radius 3 is 2.78 bits per heavy atom. The van der Waals surface area contributed by atoms with Crippen molar-refractivity contribution in [2.45, 2.75) is 38.0 Å². The Hall–Kier alpha value is -1.37. The van der Waals surface area contributed by atoms with E-state index < -0.39 is 11.9 Å². The molecule has 0 aromatic carbocycles. The van der Waals surface area contributed by atoms with Gasteiger partial charge in [-0.15, -0.1) is 0 Å². The Morgan fingerprint density at radius 2 is 2.17 bits per heavy atom. The van der Waals surface area contributed by atoms with Crippen molar-refractivity contribution in [3.8, 4) is 0 Å². The Kier molecular flexibility index (Phi) is 3.43. The summed E-state index contributed by atoms with van der Waals surface area (Å²) >= 11 is 0. The highest BCUT2D eigenvalue weighted by atomic mass is 19.4. The molecule has 2 N–H and O–H groups in total. The van der Waals surface area contributed by atoms with Crippen LogP contribution in [-0.4, -0.2) is 28.6 Å². The molecule has 0 radical (unpaired) electrons. The molecule has 2 unspecified atom stereocenters. The number of nitrogens with zero attached hydrogens (tertiary/aromatic N) is 3. The molecule has 2 heterocycles. The number of aromatic nitrogens is 2. The molecule has 100 valence electrons. The number of alkyl halides is 3. The van der Waals surface area contributed by atoms with E-state index in [1.807, 2.05) is 6.92 Å². The molecule has 1 aromatic heterocycles. The Bertz CT molecular complexity index is 421. The van der Waals surface area contributed by atoms with Gasteiger partial charge in [0, 0.05) is 24.8 Å². The largest absolute Gasteiger partial charge is 0.433 e. The van der Waals surface area contributed by atoms with Crippen LogP contribution >= 0.6 is 0 Å². The zero-order chi connectivity index (χ0) is 13.3. The van der Waals surface area contributed by atoms with Crippen LogP contribution in [0.1, 0.15) is 25.5 Å². The molecule has 0 saturated carbocycles. The van der Waals surface area contributed by atoms with Crippen LogP contribution in [0.15, 0.2) is 12.3 Å². The number of halogens is 3. The van der Waals surface area contributed by atoms with Gasteiger partial charge in [0.05, 0.1) is 0 Å². The topological polar surface area (TPSA) is 55.0 Å². The van der Waals surface area contributed by atoms with Crippen molar-refractivity contribution in [2.75, 3.05) is 11.4 Å². The van der Waals surface area contributed by atoms with E-state index in [4.69, 9.17) is 5.73 Å². The van der Waals surface area contributed by atoms with E-state index in [2.05, 4.69) is 9.97 Å². The fraction of sp³-hybridized carbons (Fsp3) is 0.636. The van der Waals surface area contributed by atoms with Gasteiger partial charge in [0.1, 0.15) is 5.69 Å². The van der Waals surface area contributed by atoms with E-state index >= 15 is 0 Å². The first-order valence-electron chi connectivity index (χ1n) is 5.80. The van der Waals surface area contributed by atoms with E-state index in [0.29, 0.717) is 6.54 Å². The molecule has 0 bridgehead atoms. The van der Waals surface area contributed by atoms with Crippen LogP contribution in [0.3, 0.4) is 0 Å². The molecule has 1 aromatic rings. The van der Waals surface area contributed by atoms with Gasteiger partial charge in [-0.3, -0.25) is 0 Å². The lowest BCUT2D eigenvalue weighted by molar-refractivity contribution is -0.141.